The third-order valence-corrected chi connectivity index (χ3v) is 1.75. The van der Waals surface area contributed by atoms with Gasteiger partial charge in [-0.1, -0.05) is 0 Å². The average molecular weight is 236 g/mol. The Bertz CT molecular complexity index is 287. The van der Waals surface area contributed by atoms with Gasteiger partial charge in [0.2, 0.25) is 0 Å². The molecule has 0 aliphatic heterocycles. The number of hydrogen-bond donors (Lipinski definition) is 0. The van der Waals surface area contributed by atoms with Gasteiger partial charge in [0.15, 0.2) is 0 Å². The van der Waals surface area contributed by atoms with E-state index in [2.05, 4.69) is 4.98 Å². The van der Waals surface area contributed by atoms with Crippen LogP contribution in [0.15, 0.2) is 18.3 Å². The maximum Gasteiger partial charge on any atom is 0.339 e. The van der Waals surface area contributed by atoms with Crippen LogP contribution in [-0.4, -0.2) is 17.6 Å². The Balaban J connectivity index is 0.00000169. The fourth-order valence-electron chi connectivity index (χ4n) is 0.839. The number of aromatic nitrogens is 1. The van der Waals surface area contributed by atoms with Crippen molar-refractivity contribution in [2.24, 2.45) is 0 Å². The number of carbonyl (C=O) groups is 1. The largest absolute Gasteiger partial charge is 0.462 e. The highest BCUT2D eigenvalue weighted by Crippen LogP contribution is 2.04. The molecule has 1 aromatic heterocycles. The monoisotopic (exact) mass is 235 g/mol. The van der Waals surface area contributed by atoms with Crippen molar-refractivity contribution in [1.29, 1.82) is 0 Å². The lowest BCUT2D eigenvalue weighted by molar-refractivity contribution is 0.0526. The van der Waals surface area contributed by atoms with Crippen molar-refractivity contribution in [3.63, 3.8) is 0 Å². The molecule has 0 aromatic carbocycles. The Labute approximate surface area is 93.8 Å². The van der Waals surface area contributed by atoms with Gasteiger partial charge >= 0.3 is 5.97 Å². The van der Waals surface area contributed by atoms with Crippen LogP contribution in [0.4, 0.5) is 0 Å². The number of alkyl halides is 1. The highest BCUT2D eigenvalue weighted by atomic mass is 35.5. The fraction of sp³-hybridized carbons (Fsp3) is 0.333. The highest BCUT2D eigenvalue weighted by Gasteiger charge is 2.05. The topological polar surface area (TPSA) is 39.2 Å². The summed E-state index contributed by atoms with van der Waals surface area (Å²) in [4.78, 5) is 15.1. The lowest BCUT2D eigenvalue weighted by atomic mass is 10.2. The zero-order chi connectivity index (χ0) is 9.68. The molecule has 3 nitrogen and oxygen atoms in total. The van der Waals surface area contributed by atoms with Crippen LogP contribution in [0.25, 0.3) is 0 Å². The molecule has 0 saturated carbocycles. The fourth-order valence-corrected chi connectivity index (χ4v) is 0.997. The maximum absolute atomic E-state index is 11.1. The van der Waals surface area contributed by atoms with E-state index in [4.69, 9.17) is 16.3 Å². The Kier molecular flexibility index (Phi) is 6.25. The van der Waals surface area contributed by atoms with E-state index in [0.29, 0.717) is 18.1 Å². The summed E-state index contributed by atoms with van der Waals surface area (Å²) in [5.41, 5.74) is 1.20. The van der Waals surface area contributed by atoms with E-state index in [1.54, 1.807) is 19.1 Å². The summed E-state index contributed by atoms with van der Waals surface area (Å²) in [6.45, 7) is 2.13. The van der Waals surface area contributed by atoms with Crippen LogP contribution in [0, 0.1) is 0 Å². The van der Waals surface area contributed by atoms with Crippen LogP contribution in [0.2, 0.25) is 0 Å². The van der Waals surface area contributed by atoms with E-state index in [-0.39, 0.29) is 18.4 Å². The first-order chi connectivity index (χ1) is 6.27. The summed E-state index contributed by atoms with van der Waals surface area (Å²) in [6, 6.07) is 3.36. The summed E-state index contributed by atoms with van der Waals surface area (Å²) in [5.74, 6) is -0.000510. The first-order valence-electron chi connectivity index (χ1n) is 3.96. The molecule has 78 valence electrons. The zero-order valence-corrected chi connectivity index (χ0v) is 9.27. The first kappa shape index (κ1) is 13.2. The van der Waals surface area contributed by atoms with Crippen LogP contribution in [-0.2, 0) is 10.6 Å². The van der Waals surface area contributed by atoms with Gasteiger partial charge in [0.05, 0.1) is 23.7 Å². The minimum absolute atomic E-state index is 0. The van der Waals surface area contributed by atoms with Gasteiger partial charge in [-0.05, 0) is 19.1 Å². The summed E-state index contributed by atoms with van der Waals surface area (Å²) in [5, 5.41) is 0. The Hall–Kier alpha value is -0.800. The van der Waals surface area contributed by atoms with Crippen LogP contribution in [0.3, 0.4) is 0 Å². The number of hydrogen-bond acceptors (Lipinski definition) is 3. The number of rotatable bonds is 3. The number of halogens is 2. The van der Waals surface area contributed by atoms with Crippen LogP contribution < -0.4 is 0 Å². The van der Waals surface area contributed by atoms with Crippen molar-refractivity contribution < 1.29 is 9.53 Å². The van der Waals surface area contributed by atoms with Gasteiger partial charge in [-0.3, -0.25) is 4.98 Å². The zero-order valence-electron chi connectivity index (χ0n) is 7.70. The SMILES string of the molecule is CCOC(=O)c1ccc(CCl)nc1.Cl. The molecule has 1 aromatic rings. The number of ether oxygens (including phenoxy) is 1. The minimum atomic E-state index is -0.351. The van der Waals surface area contributed by atoms with E-state index >= 15 is 0 Å². The molecule has 0 aliphatic carbocycles. The smallest absolute Gasteiger partial charge is 0.339 e. The van der Waals surface area contributed by atoms with E-state index in [1.165, 1.54) is 6.20 Å². The molecule has 0 saturated heterocycles. The molecule has 1 heterocycles. The second kappa shape index (κ2) is 6.62. The summed E-state index contributed by atoms with van der Waals surface area (Å²) < 4.78 is 4.79. The lowest BCUT2D eigenvalue weighted by Gasteiger charge is -2.00. The molecular weight excluding hydrogens is 225 g/mol. The first-order valence-corrected chi connectivity index (χ1v) is 4.49. The van der Waals surface area contributed by atoms with Crippen molar-refractivity contribution in [3.8, 4) is 0 Å². The van der Waals surface area contributed by atoms with Gasteiger partial charge < -0.3 is 4.74 Å². The molecule has 0 spiro atoms. The van der Waals surface area contributed by atoms with E-state index in [1.807, 2.05) is 0 Å². The molecule has 0 aliphatic rings. The second-order valence-corrected chi connectivity index (χ2v) is 2.66. The maximum atomic E-state index is 11.1. The number of carbonyl (C=O) groups excluding carboxylic acids is 1. The minimum Gasteiger partial charge on any atom is -0.462 e. The standard InChI is InChI=1S/C9H10ClNO2.ClH/c1-2-13-9(12)7-3-4-8(5-10)11-6-7;/h3-4,6H,2,5H2,1H3;1H. The number of pyridine rings is 1. The predicted molar refractivity (Wildman–Crippen MR) is 57.0 cm³/mol. The van der Waals surface area contributed by atoms with Crippen molar-refractivity contribution in [2.75, 3.05) is 6.61 Å². The van der Waals surface area contributed by atoms with Crippen LogP contribution in [0.1, 0.15) is 23.0 Å². The van der Waals surface area contributed by atoms with Crippen molar-refractivity contribution in [2.45, 2.75) is 12.8 Å². The van der Waals surface area contributed by atoms with Crippen molar-refractivity contribution in [1.82, 2.24) is 4.98 Å². The number of nitrogens with zero attached hydrogens (tertiary/aromatic N) is 1. The van der Waals surface area contributed by atoms with E-state index < -0.39 is 0 Å². The molecule has 0 atom stereocenters. The molecule has 1 rings (SSSR count). The van der Waals surface area contributed by atoms with Gasteiger partial charge in [-0.15, -0.1) is 24.0 Å². The third kappa shape index (κ3) is 3.52. The van der Waals surface area contributed by atoms with E-state index in [9.17, 15) is 4.79 Å². The lowest BCUT2D eigenvalue weighted by Crippen LogP contribution is -2.05. The van der Waals surface area contributed by atoms with Crippen LogP contribution >= 0.6 is 24.0 Å². The molecule has 5 heteroatoms. The molecule has 0 bridgehead atoms. The van der Waals surface area contributed by atoms with Gasteiger partial charge in [0.1, 0.15) is 0 Å². The highest BCUT2D eigenvalue weighted by molar-refractivity contribution is 6.16. The molecule has 0 fully saturated rings. The van der Waals surface area contributed by atoms with Gasteiger partial charge in [0, 0.05) is 6.20 Å². The Morgan fingerprint density at radius 2 is 2.29 bits per heavy atom. The van der Waals surface area contributed by atoms with Gasteiger partial charge in [0.25, 0.3) is 0 Å². The predicted octanol–water partition coefficient (Wildman–Crippen LogP) is 2.42. The molecule has 14 heavy (non-hydrogen) atoms. The molecular formula is C9H11Cl2NO2. The van der Waals surface area contributed by atoms with Gasteiger partial charge in [-0.25, -0.2) is 4.79 Å². The third-order valence-electron chi connectivity index (χ3n) is 1.47. The Morgan fingerprint density at radius 3 is 2.71 bits per heavy atom. The summed E-state index contributed by atoms with van der Waals surface area (Å²) in [7, 11) is 0. The number of esters is 1. The quantitative estimate of drug-likeness (QED) is 0.597. The van der Waals surface area contributed by atoms with E-state index in [0.717, 1.165) is 5.69 Å². The van der Waals surface area contributed by atoms with Crippen LogP contribution in [0.5, 0.6) is 0 Å². The van der Waals surface area contributed by atoms with Crippen molar-refractivity contribution >= 4 is 30.0 Å². The summed E-state index contributed by atoms with van der Waals surface area (Å²) in [6.07, 6.45) is 1.47. The molecule has 0 unspecified atom stereocenters. The molecule has 0 amide bonds. The average Bonchev–Trinajstić information content (AvgIpc) is 2.18. The van der Waals surface area contributed by atoms with Gasteiger partial charge in [-0.2, -0.15) is 0 Å². The second-order valence-electron chi connectivity index (χ2n) is 2.39. The molecule has 0 N–H and O–H groups in total. The normalized spacial score (nSPS) is 9.00. The summed E-state index contributed by atoms with van der Waals surface area (Å²) >= 11 is 5.54. The van der Waals surface area contributed by atoms with Crippen molar-refractivity contribution in [3.05, 3.63) is 29.6 Å². The Morgan fingerprint density at radius 1 is 1.57 bits per heavy atom. The molecule has 0 radical (unpaired) electrons.